The van der Waals surface area contributed by atoms with Crippen LogP contribution in [0, 0.1) is 0 Å². The second-order valence-electron chi connectivity index (χ2n) is 7.13. The van der Waals surface area contributed by atoms with Gasteiger partial charge >= 0.3 is 0 Å². The van der Waals surface area contributed by atoms with Crippen molar-refractivity contribution in [3.63, 3.8) is 0 Å². The van der Waals surface area contributed by atoms with Crippen LogP contribution >= 0.6 is 0 Å². The summed E-state index contributed by atoms with van der Waals surface area (Å²) < 4.78 is 5.40. The quantitative estimate of drug-likeness (QED) is 0.568. The van der Waals surface area contributed by atoms with Crippen molar-refractivity contribution in [2.45, 2.75) is 33.1 Å². The molecule has 0 aromatic carbocycles. The maximum Gasteiger partial charge on any atom is 0.274 e. The van der Waals surface area contributed by atoms with Crippen molar-refractivity contribution in [1.29, 1.82) is 0 Å². The van der Waals surface area contributed by atoms with Gasteiger partial charge in [-0.25, -0.2) is 4.98 Å². The Morgan fingerprint density at radius 3 is 2.36 bits per heavy atom. The van der Waals surface area contributed by atoms with Gasteiger partial charge in [-0.15, -0.1) is 0 Å². The highest BCUT2D eigenvalue weighted by molar-refractivity contribution is 5.92. The number of amides is 2. The van der Waals surface area contributed by atoms with E-state index in [4.69, 9.17) is 4.74 Å². The van der Waals surface area contributed by atoms with Gasteiger partial charge in [-0.1, -0.05) is 13.8 Å². The van der Waals surface area contributed by atoms with Crippen molar-refractivity contribution in [3.8, 4) is 0 Å². The normalized spacial score (nSPS) is 14.6. The van der Waals surface area contributed by atoms with Crippen LogP contribution in [0.4, 0.5) is 0 Å². The van der Waals surface area contributed by atoms with Gasteiger partial charge in [0.15, 0.2) is 0 Å². The fraction of sp³-hybridized carbons (Fsp3) is 0.700. The van der Waals surface area contributed by atoms with Crippen LogP contribution < -0.4 is 4.90 Å². The van der Waals surface area contributed by atoms with Crippen LogP contribution in [0.25, 0.3) is 0 Å². The minimum atomic E-state index is -0.161. The fourth-order valence-electron chi connectivity index (χ4n) is 3.38. The van der Waals surface area contributed by atoms with Crippen LogP contribution in [0.2, 0.25) is 0 Å². The summed E-state index contributed by atoms with van der Waals surface area (Å²) in [4.78, 5) is 38.8. The molecule has 0 saturated carbocycles. The number of nitrogens with zero attached hydrogens (tertiary/aromatic N) is 4. The summed E-state index contributed by atoms with van der Waals surface area (Å²) in [5.74, 6) is -0.0505. The van der Waals surface area contributed by atoms with Gasteiger partial charge in [0.2, 0.25) is 5.91 Å². The molecule has 2 amide bonds. The lowest BCUT2D eigenvalue weighted by molar-refractivity contribution is -0.907. The summed E-state index contributed by atoms with van der Waals surface area (Å²) in [6.45, 7) is 10.9. The topological polar surface area (TPSA) is 80.1 Å². The number of quaternary nitrogens is 1. The molecule has 1 aliphatic heterocycles. The first kappa shape index (κ1) is 22.2. The third-order valence-electron chi connectivity index (χ3n) is 4.94. The van der Waals surface area contributed by atoms with E-state index in [-0.39, 0.29) is 11.8 Å². The maximum absolute atomic E-state index is 12.9. The Morgan fingerprint density at radius 1 is 1.04 bits per heavy atom. The van der Waals surface area contributed by atoms with Crippen LogP contribution in [0.3, 0.4) is 0 Å². The Kier molecular flexibility index (Phi) is 9.85. The second-order valence-corrected chi connectivity index (χ2v) is 7.13. The van der Waals surface area contributed by atoms with Crippen LogP contribution in [0.1, 0.15) is 43.6 Å². The SMILES string of the molecule is CCCN(CCC)C(=O)CCN(CC[NH+]1CCOCC1)C(=O)c1cnccn1. The number of carbonyl (C=O) groups is 2. The predicted octanol–water partition coefficient (Wildman–Crippen LogP) is -0.127. The molecule has 1 saturated heterocycles. The zero-order chi connectivity index (χ0) is 20.2. The number of ether oxygens (including phenoxy) is 1. The minimum Gasteiger partial charge on any atom is -0.370 e. The Morgan fingerprint density at radius 2 is 1.75 bits per heavy atom. The molecule has 0 atom stereocenters. The van der Waals surface area contributed by atoms with Gasteiger partial charge in [0.05, 0.1) is 32.5 Å². The molecule has 1 N–H and O–H groups in total. The van der Waals surface area contributed by atoms with E-state index in [2.05, 4.69) is 23.8 Å². The molecule has 8 nitrogen and oxygen atoms in total. The Hall–Kier alpha value is -2.06. The smallest absolute Gasteiger partial charge is 0.274 e. The lowest BCUT2D eigenvalue weighted by Gasteiger charge is -2.28. The van der Waals surface area contributed by atoms with Gasteiger partial charge < -0.3 is 19.4 Å². The first-order valence-electron chi connectivity index (χ1n) is 10.4. The molecule has 0 aliphatic carbocycles. The first-order valence-corrected chi connectivity index (χ1v) is 10.4. The summed E-state index contributed by atoms with van der Waals surface area (Å²) in [7, 11) is 0. The maximum atomic E-state index is 12.9. The number of hydrogen-bond donors (Lipinski definition) is 1. The molecule has 1 aromatic heterocycles. The zero-order valence-electron chi connectivity index (χ0n) is 17.2. The summed E-state index contributed by atoms with van der Waals surface area (Å²) in [6, 6.07) is 0. The molecular formula is C20H34N5O3+. The van der Waals surface area contributed by atoms with E-state index in [9.17, 15) is 9.59 Å². The summed E-state index contributed by atoms with van der Waals surface area (Å²) in [6.07, 6.45) is 6.77. The third kappa shape index (κ3) is 7.16. The number of rotatable bonds is 11. The van der Waals surface area contributed by atoms with E-state index in [1.807, 2.05) is 4.90 Å². The molecule has 2 rings (SSSR count). The summed E-state index contributed by atoms with van der Waals surface area (Å²) in [5.41, 5.74) is 0.325. The number of nitrogens with one attached hydrogen (secondary N) is 1. The van der Waals surface area contributed by atoms with E-state index in [1.165, 1.54) is 17.3 Å². The van der Waals surface area contributed by atoms with Crippen molar-refractivity contribution in [3.05, 3.63) is 24.3 Å². The Balaban J connectivity index is 1.98. The van der Waals surface area contributed by atoms with Crippen molar-refractivity contribution < 1.29 is 19.2 Å². The zero-order valence-corrected chi connectivity index (χ0v) is 17.2. The monoisotopic (exact) mass is 392 g/mol. The van der Waals surface area contributed by atoms with Crippen molar-refractivity contribution in [2.24, 2.45) is 0 Å². The number of morpholine rings is 1. The van der Waals surface area contributed by atoms with E-state index in [0.717, 1.165) is 58.8 Å². The standard InChI is InChI=1S/C20H33N5O3/c1-3-8-24(9-4-2)19(26)5-10-25(12-11-23-13-15-28-16-14-23)20(27)18-17-21-6-7-22-18/h6-7,17H,3-5,8-16H2,1-2H3/p+1. The summed E-state index contributed by atoms with van der Waals surface area (Å²) in [5, 5.41) is 0. The predicted molar refractivity (Wildman–Crippen MR) is 106 cm³/mol. The molecule has 1 aliphatic rings. The molecule has 0 radical (unpaired) electrons. The van der Waals surface area contributed by atoms with Gasteiger partial charge in [0.1, 0.15) is 18.8 Å². The number of carbonyl (C=O) groups excluding carboxylic acids is 2. The third-order valence-corrected chi connectivity index (χ3v) is 4.94. The molecule has 0 spiro atoms. The largest absolute Gasteiger partial charge is 0.370 e. The van der Waals surface area contributed by atoms with Crippen molar-refractivity contribution in [2.75, 3.05) is 59.0 Å². The van der Waals surface area contributed by atoms with Crippen LogP contribution in [0.15, 0.2) is 18.6 Å². The second kappa shape index (κ2) is 12.4. The fourth-order valence-corrected chi connectivity index (χ4v) is 3.38. The van der Waals surface area contributed by atoms with Gasteiger partial charge in [0.25, 0.3) is 5.91 Å². The van der Waals surface area contributed by atoms with Gasteiger partial charge in [-0.2, -0.15) is 0 Å². The first-order chi connectivity index (χ1) is 13.7. The molecule has 8 heteroatoms. The average Bonchev–Trinajstić information content (AvgIpc) is 2.74. The molecule has 2 heterocycles. The van der Waals surface area contributed by atoms with Gasteiger partial charge in [-0.05, 0) is 12.8 Å². The number of aromatic nitrogens is 2. The highest BCUT2D eigenvalue weighted by Crippen LogP contribution is 2.04. The van der Waals surface area contributed by atoms with Crippen molar-refractivity contribution >= 4 is 11.8 Å². The van der Waals surface area contributed by atoms with Crippen LogP contribution in [0.5, 0.6) is 0 Å². The molecular weight excluding hydrogens is 358 g/mol. The van der Waals surface area contributed by atoms with Crippen LogP contribution in [-0.4, -0.2) is 90.6 Å². The van der Waals surface area contributed by atoms with Gasteiger partial charge in [0, 0.05) is 38.4 Å². The van der Waals surface area contributed by atoms with Crippen molar-refractivity contribution in [1.82, 2.24) is 19.8 Å². The Labute approximate surface area is 167 Å². The molecule has 1 fully saturated rings. The lowest BCUT2D eigenvalue weighted by Crippen LogP contribution is -3.14. The Bertz CT molecular complexity index is 587. The highest BCUT2D eigenvalue weighted by Gasteiger charge is 2.22. The molecule has 0 bridgehead atoms. The highest BCUT2D eigenvalue weighted by atomic mass is 16.5. The average molecular weight is 393 g/mol. The van der Waals surface area contributed by atoms with E-state index in [0.29, 0.717) is 25.2 Å². The van der Waals surface area contributed by atoms with Crippen LogP contribution in [-0.2, 0) is 9.53 Å². The number of hydrogen-bond acceptors (Lipinski definition) is 5. The molecule has 0 unspecified atom stereocenters. The molecule has 1 aromatic rings. The lowest BCUT2D eigenvalue weighted by atomic mass is 10.2. The van der Waals surface area contributed by atoms with E-state index < -0.39 is 0 Å². The molecule has 156 valence electrons. The summed E-state index contributed by atoms with van der Waals surface area (Å²) >= 11 is 0. The minimum absolute atomic E-state index is 0.111. The van der Waals surface area contributed by atoms with E-state index in [1.54, 1.807) is 11.1 Å². The van der Waals surface area contributed by atoms with E-state index >= 15 is 0 Å². The molecule has 28 heavy (non-hydrogen) atoms. The van der Waals surface area contributed by atoms with Gasteiger partial charge in [-0.3, -0.25) is 14.6 Å².